The van der Waals surface area contributed by atoms with Crippen LogP contribution in [0.1, 0.15) is 36.5 Å². The highest BCUT2D eigenvalue weighted by Crippen LogP contribution is 1.29. The second-order valence-corrected chi connectivity index (χ2v) is 1.63. The molecule has 0 bridgehead atoms. The Morgan fingerprint density at radius 1 is 0.412 bits per heavy atom. The molecule has 0 aliphatic rings. The number of hydrogen-bond acceptors (Lipinski definition) is 4. The molecule has 0 heterocycles. The summed E-state index contributed by atoms with van der Waals surface area (Å²) in [6.07, 6.45) is 0. The quantitative estimate of drug-likeness (QED) is 0.662. The van der Waals surface area contributed by atoms with Crippen molar-refractivity contribution >= 4 is 0 Å². The van der Waals surface area contributed by atoms with E-state index in [2.05, 4.69) is 18.9 Å². The van der Waals surface area contributed by atoms with Crippen LogP contribution in [0.3, 0.4) is 0 Å². The highest BCUT2D eigenvalue weighted by atomic mass is 16.5. The van der Waals surface area contributed by atoms with Crippen LogP contribution in [-0.2, 0) is 18.9 Å². The molecule has 4 heteroatoms. The topological polar surface area (TPSA) is 36.9 Å². The maximum absolute atomic E-state index is 4.25. The Balaban J connectivity index is -0.0000000110. The van der Waals surface area contributed by atoms with Gasteiger partial charge in [0.1, 0.15) is 0 Å². The van der Waals surface area contributed by atoms with Gasteiger partial charge < -0.3 is 18.9 Å². The molecule has 0 unspecified atom stereocenters. The molecule has 0 aromatic heterocycles. The van der Waals surface area contributed by atoms with E-state index in [1.54, 1.807) is 56.9 Å². The first-order valence-corrected chi connectivity index (χ1v) is 5.27. The first-order valence-electron chi connectivity index (χ1n) is 5.27. The Morgan fingerprint density at radius 2 is 0.412 bits per heavy atom. The summed E-state index contributed by atoms with van der Waals surface area (Å²) in [6.45, 7) is 8.00. The SMILES string of the molecule is C.CC.CC.COC.COC.COC.COC.[2HH]. The standard InChI is InChI=1S/4C2H6O.2C2H6.CH4.H2/c4*1-3-2;2*1-2;;/h4*1-2H3;2*1-2H3;1H4;1H/i;;;;;;;1+1. The number of ether oxygens (including phenoxy) is 4. The van der Waals surface area contributed by atoms with E-state index < -0.39 is 0 Å². The summed E-state index contributed by atoms with van der Waals surface area (Å²) in [7, 11) is 13.0. The van der Waals surface area contributed by atoms with Gasteiger partial charge >= 0.3 is 0 Å². The van der Waals surface area contributed by atoms with Crippen LogP contribution in [0.4, 0.5) is 0 Å². The molecule has 17 heavy (non-hydrogen) atoms. The van der Waals surface area contributed by atoms with Gasteiger partial charge in [0.05, 0.1) is 0 Å². The minimum Gasteiger partial charge on any atom is -0.388 e. The maximum Gasteiger partial charge on any atom is 0.0351 e. The molecular formula is C13H42O4. The van der Waals surface area contributed by atoms with Gasteiger partial charge in [-0.15, -0.1) is 0 Å². The first kappa shape index (κ1) is 43.6. The van der Waals surface area contributed by atoms with Crippen molar-refractivity contribution in [3.8, 4) is 0 Å². The van der Waals surface area contributed by atoms with E-state index in [1.807, 2.05) is 27.7 Å². The van der Waals surface area contributed by atoms with Crippen molar-refractivity contribution in [2.24, 2.45) is 0 Å². The van der Waals surface area contributed by atoms with Gasteiger partial charge in [0.2, 0.25) is 0 Å². The third-order valence-corrected chi connectivity index (χ3v) is 0. The molecule has 0 saturated carbocycles. The third-order valence-electron chi connectivity index (χ3n) is 0. The summed E-state index contributed by atoms with van der Waals surface area (Å²) >= 11 is 0. The van der Waals surface area contributed by atoms with Gasteiger partial charge in [-0.2, -0.15) is 0 Å². The van der Waals surface area contributed by atoms with Gasteiger partial charge in [0, 0.05) is 58.3 Å². The van der Waals surface area contributed by atoms with Crippen LogP contribution < -0.4 is 0 Å². The van der Waals surface area contributed by atoms with E-state index >= 15 is 0 Å². The van der Waals surface area contributed by atoms with Crippen molar-refractivity contribution in [3.63, 3.8) is 0 Å². The summed E-state index contributed by atoms with van der Waals surface area (Å²) in [5.74, 6) is 0. The van der Waals surface area contributed by atoms with Crippen LogP contribution in [0.5, 0.6) is 0 Å². The zero-order valence-electron chi connectivity index (χ0n) is 13.6. The highest BCUT2D eigenvalue weighted by Gasteiger charge is 1.26. The summed E-state index contributed by atoms with van der Waals surface area (Å²) < 4.78 is 17.0. The molecule has 0 atom stereocenters. The second kappa shape index (κ2) is 237. The van der Waals surface area contributed by atoms with Gasteiger partial charge in [0.15, 0.2) is 0 Å². The van der Waals surface area contributed by atoms with Crippen LogP contribution in [-0.4, -0.2) is 56.9 Å². The van der Waals surface area contributed by atoms with E-state index in [-0.39, 0.29) is 8.85 Å². The monoisotopic (exact) mass is 263 g/mol. The van der Waals surface area contributed by atoms with E-state index in [4.69, 9.17) is 0 Å². The Kier molecular flexibility index (Phi) is 607. The number of rotatable bonds is 0. The van der Waals surface area contributed by atoms with Crippen molar-refractivity contribution in [2.45, 2.75) is 35.1 Å². The van der Waals surface area contributed by atoms with Crippen LogP contribution in [0, 0.1) is 0 Å². The summed E-state index contributed by atoms with van der Waals surface area (Å²) in [4.78, 5) is 0. The van der Waals surface area contributed by atoms with Crippen LogP contribution in [0.2, 0.25) is 0 Å². The molecule has 0 N–H and O–H groups in total. The van der Waals surface area contributed by atoms with Crippen molar-refractivity contribution in [1.82, 2.24) is 0 Å². The van der Waals surface area contributed by atoms with E-state index in [0.717, 1.165) is 0 Å². The Bertz CT molecular complexity index is 27.0. The zero-order chi connectivity index (χ0) is 14.8. The Morgan fingerprint density at radius 3 is 0.412 bits per heavy atom. The van der Waals surface area contributed by atoms with Gasteiger partial charge in [-0.05, 0) is 0 Å². The van der Waals surface area contributed by atoms with E-state index in [0.29, 0.717) is 0 Å². The zero-order valence-corrected chi connectivity index (χ0v) is 13.6. The van der Waals surface area contributed by atoms with Crippen LogP contribution in [0.25, 0.3) is 0 Å². The van der Waals surface area contributed by atoms with Gasteiger partial charge in [0.25, 0.3) is 0 Å². The Hall–Kier alpha value is -0.160. The molecule has 118 valence electrons. The molecule has 0 radical (unpaired) electrons. The molecule has 0 rings (SSSR count). The molecule has 0 saturated heterocycles. The lowest BCUT2D eigenvalue weighted by atomic mass is 11.0. The first-order chi connectivity index (χ1) is 7.66. The van der Waals surface area contributed by atoms with Crippen molar-refractivity contribution < 1.29 is 20.4 Å². The molecule has 0 spiro atoms. The molecule has 0 aromatic carbocycles. The lowest BCUT2D eigenvalue weighted by Crippen LogP contribution is -1.55. The maximum atomic E-state index is 4.25. The molecular weight excluding hydrogens is 220 g/mol. The molecule has 0 aromatic rings. The fraction of sp³-hybridized carbons (Fsp3) is 1.00. The van der Waals surface area contributed by atoms with Crippen molar-refractivity contribution in [1.29, 1.82) is 0 Å². The van der Waals surface area contributed by atoms with Gasteiger partial charge in [-0.1, -0.05) is 35.1 Å². The minimum atomic E-state index is 0. The van der Waals surface area contributed by atoms with E-state index in [1.165, 1.54) is 0 Å². The molecule has 0 fully saturated rings. The average Bonchev–Trinajstić information content (AvgIpc) is 2.27. The van der Waals surface area contributed by atoms with Gasteiger partial charge in [-0.25, -0.2) is 0 Å². The largest absolute Gasteiger partial charge is 0.388 e. The fourth-order valence-electron chi connectivity index (χ4n) is 0. The molecule has 0 aliphatic heterocycles. The lowest BCUT2D eigenvalue weighted by Gasteiger charge is -1.61. The molecule has 0 amide bonds. The predicted octanol–water partition coefficient (Wildman–Crippen LogP) is 3.98. The number of hydrogen-bond donors (Lipinski definition) is 0. The molecule has 0 aliphatic carbocycles. The van der Waals surface area contributed by atoms with Crippen LogP contribution >= 0.6 is 0 Å². The smallest absolute Gasteiger partial charge is 0.0351 e. The second-order valence-electron chi connectivity index (χ2n) is 1.63. The normalized spacial score (nSPS) is 4.94. The van der Waals surface area contributed by atoms with Crippen molar-refractivity contribution in [3.05, 3.63) is 0 Å². The fourth-order valence-corrected chi connectivity index (χ4v) is 0. The molecule has 4 nitrogen and oxygen atoms in total. The van der Waals surface area contributed by atoms with Crippen LogP contribution in [0.15, 0.2) is 0 Å². The average molecular weight is 263 g/mol. The highest BCUT2D eigenvalue weighted by molar-refractivity contribution is 3.57. The van der Waals surface area contributed by atoms with Crippen molar-refractivity contribution in [2.75, 3.05) is 56.9 Å². The number of methoxy groups -OCH3 is 4. The lowest BCUT2D eigenvalue weighted by molar-refractivity contribution is 0.277. The summed E-state index contributed by atoms with van der Waals surface area (Å²) in [6, 6.07) is 0. The summed E-state index contributed by atoms with van der Waals surface area (Å²) in [5.41, 5.74) is 0. The summed E-state index contributed by atoms with van der Waals surface area (Å²) in [5, 5.41) is 0. The third kappa shape index (κ3) is 119000. The van der Waals surface area contributed by atoms with E-state index in [9.17, 15) is 0 Å². The Labute approximate surface area is 113 Å². The predicted molar refractivity (Wildman–Crippen MR) is 83.3 cm³/mol. The minimum absolute atomic E-state index is 0. The van der Waals surface area contributed by atoms with Gasteiger partial charge in [-0.3, -0.25) is 0 Å².